The first-order valence-corrected chi connectivity index (χ1v) is 7.00. The standard InChI is InChI=1S/C14H12BrClFNO/c1-8-5-9(2)18-14(11(8)7-16)19-13-6-10(15)3-4-12(13)17/h3-6H,7H2,1-2H3. The van der Waals surface area contributed by atoms with Gasteiger partial charge < -0.3 is 4.74 Å². The fraction of sp³-hybridized carbons (Fsp3) is 0.214. The minimum atomic E-state index is -0.440. The number of alkyl halides is 1. The molecule has 0 fully saturated rings. The van der Waals surface area contributed by atoms with E-state index in [9.17, 15) is 4.39 Å². The van der Waals surface area contributed by atoms with E-state index >= 15 is 0 Å². The van der Waals surface area contributed by atoms with Crippen LogP contribution in [0.5, 0.6) is 11.6 Å². The summed E-state index contributed by atoms with van der Waals surface area (Å²) in [6.07, 6.45) is 0. The van der Waals surface area contributed by atoms with Crippen molar-refractivity contribution in [2.75, 3.05) is 0 Å². The number of aromatic nitrogens is 1. The number of benzene rings is 1. The molecule has 19 heavy (non-hydrogen) atoms. The Morgan fingerprint density at radius 1 is 1.32 bits per heavy atom. The Kier molecular flexibility index (Phi) is 4.42. The van der Waals surface area contributed by atoms with E-state index in [0.29, 0.717) is 5.88 Å². The van der Waals surface area contributed by atoms with Gasteiger partial charge in [-0.3, -0.25) is 0 Å². The van der Waals surface area contributed by atoms with Gasteiger partial charge in [-0.25, -0.2) is 9.37 Å². The lowest BCUT2D eigenvalue weighted by Gasteiger charge is -2.12. The highest BCUT2D eigenvalue weighted by Crippen LogP contribution is 2.30. The molecule has 1 aromatic carbocycles. The summed E-state index contributed by atoms with van der Waals surface area (Å²) in [6, 6.07) is 6.43. The van der Waals surface area contributed by atoms with Crippen LogP contribution in [-0.4, -0.2) is 4.98 Å². The first-order valence-electron chi connectivity index (χ1n) is 5.67. The van der Waals surface area contributed by atoms with Crippen LogP contribution in [0, 0.1) is 19.7 Å². The fourth-order valence-electron chi connectivity index (χ4n) is 1.74. The van der Waals surface area contributed by atoms with E-state index in [4.69, 9.17) is 16.3 Å². The van der Waals surface area contributed by atoms with Gasteiger partial charge in [0, 0.05) is 15.7 Å². The Hall–Kier alpha value is -1.13. The molecule has 5 heteroatoms. The van der Waals surface area contributed by atoms with E-state index in [1.54, 1.807) is 12.1 Å². The molecule has 2 rings (SSSR count). The van der Waals surface area contributed by atoms with Gasteiger partial charge in [-0.15, -0.1) is 11.6 Å². The minimum Gasteiger partial charge on any atom is -0.436 e. The first-order chi connectivity index (χ1) is 9.01. The van der Waals surface area contributed by atoms with Crippen molar-refractivity contribution >= 4 is 27.5 Å². The van der Waals surface area contributed by atoms with Crippen molar-refractivity contribution in [3.63, 3.8) is 0 Å². The second-order valence-electron chi connectivity index (χ2n) is 4.17. The van der Waals surface area contributed by atoms with Crippen molar-refractivity contribution < 1.29 is 9.13 Å². The number of aryl methyl sites for hydroxylation is 2. The number of hydrogen-bond acceptors (Lipinski definition) is 2. The summed E-state index contributed by atoms with van der Waals surface area (Å²) in [6.45, 7) is 3.78. The van der Waals surface area contributed by atoms with Crippen LogP contribution in [0.15, 0.2) is 28.7 Å². The molecule has 0 saturated carbocycles. The largest absolute Gasteiger partial charge is 0.436 e. The Morgan fingerprint density at radius 3 is 2.74 bits per heavy atom. The molecule has 2 aromatic rings. The normalized spacial score (nSPS) is 10.6. The Bertz CT molecular complexity index is 619. The highest BCUT2D eigenvalue weighted by molar-refractivity contribution is 9.10. The fourth-order valence-corrected chi connectivity index (χ4v) is 2.40. The van der Waals surface area contributed by atoms with Crippen molar-refractivity contribution in [2.24, 2.45) is 0 Å². The third-order valence-corrected chi connectivity index (χ3v) is 3.43. The summed E-state index contributed by atoms with van der Waals surface area (Å²) >= 11 is 9.19. The van der Waals surface area contributed by atoms with Crippen LogP contribution in [-0.2, 0) is 5.88 Å². The number of nitrogens with zero attached hydrogens (tertiary/aromatic N) is 1. The summed E-state index contributed by atoms with van der Waals surface area (Å²) in [5.41, 5.74) is 2.55. The van der Waals surface area contributed by atoms with Gasteiger partial charge in [0.25, 0.3) is 0 Å². The smallest absolute Gasteiger partial charge is 0.224 e. The second-order valence-corrected chi connectivity index (χ2v) is 5.36. The van der Waals surface area contributed by atoms with Gasteiger partial charge in [-0.05, 0) is 43.7 Å². The number of halogens is 3. The van der Waals surface area contributed by atoms with E-state index in [1.807, 2.05) is 19.9 Å². The summed E-state index contributed by atoms with van der Waals surface area (Å²) in [7, 11) is 0. The van der Waals surface area contributed by atoms with E-state index in [0.717, 1.165) is 21.3 Å². The Morgan fingerprint density at radius 2 is 2.05 bits per heavy atom. The molecule has 0 saturated heterocycles. The molecule has 0 spiro atoms. The van der Waals surface area contributed by atoms with Gasteiger partial charge in [-0.2, -0.15) is 0 Å². The van der Waals surface area contributed by atoms with Crippen molar-refractivity contribution in [2.45, 2.75) is 19.7 Å². The number of pyridine rings is 1. The molecular formula is C14H12BrClFNO. The van der Waals surface area contributed by atoms with Crippen LogP contribution in [0.25, 0.3) is 0 Å². The third kappa shape index (κ3) is 3.25. The molecule has 1 heterocycles. The minimum absolute atomic E-state index is 0.123. The highest BCUT2D eigenvalue weighted by atomic mass is 79.9. The van der Waals surface area contributed by atoms with Gasteiger partial charge in [0.05, 0.1) is 5.88 Å². The zero-order valence-electron chi connectivity index (χ0n) is 10.5. The van der Waals surface area contributed by atoms with Gasteiger partial charge in [0.2, 0.25) is 5.88 Å². The SMILES string of the molecule is Cc1cc(C)c(CCl)c(Oc2cc(Br)ccc2F)n1. The average Bonchev–Trinajstić information content (AvgIpc) is 2.33. The number of hydrogen-bond donors (Lipinski definition) is 0. The molecule has 0 aliphatic rings. The van der Waals surface area contributed by atoms with Crippen molar-refractivity contribution in [3.8, 4) is 11.6 Å². The predicted molar refractivity (Wildman–Crippen MR) is 77.4 cm³/mol. The van der Waals surface area contributed by atoms with Crippen LogP contribution >= 0.6 is 27.5 Å². The molecular weight excluding hydrogens is 333 g/mol. The summed E-state index contributed by atoms with van der Waals surface area (Å²) < 4.78 is 20.0. The maximum Gasteiger partial charge on any atom is 0.224 e. The van der Waals surface area contributed by atoms with Gasteiger partial charge in [-0.1, -0.05) is 15.9 Å². The summed E-state index contributed by atoms with van der Waals surface area (Å²) in [5.74, 6) is 0.303. The highest BCUT2D eigenvalue weighted by Gasteiger charge is 2.13. The van der Waals surface area contributed by atoms with Crippen LogP contribution in [0.3, 0.4) is 0 Å². The molecule has 1 aromatic heterocycles. The van der Waals surface area contributed by atoms with Crippen LogP contribution < -0.4 is 4.74 Å². The molecule has 0 radical (unpaired) electrons. The van der Waals surface area contributed by atoms with E-state index < -0.39 is 5.82 Å². The van der Waals surface area contributed by atoms with Gasteiger partial charge in [0.15, 0.2) is 11.6 Å². The monoisotopic (exact) mass is 343 g/mol. The average molecular weight is 345 g/mol. The Labute approximate surface area is 124 Å². The molecule has 0 unspecified atom stereocenters. The predicted octanol–water partition coefficient (Wildman–Crippen LogP) is 5.13. The van der Waals surface area contributed by atoms with Crippen LogP contribution in [0.4, 0.5) is 4.39 Å². The first kappa shape index (κ1) is 14.3. The molecule has 0 aliphatic heterocycles. The number of ether oxygens (including phenoxy) is 1. The lowest BCUT2D eigenvalue weighted by Crippen LogP contribution is -1.99. The van der Waals surface area contributed by atoms with Gasteiger partial charge in [0.1, 0.15) is 0 Å². The zero-order chi connectivity index (χ0) is 14.0. The lowest BCUT2D eigenvalue weighted by atomic mass is 10.1. The topological polar surface area (TPSA) is 22.1 Å². The van der Waals surface area contributed by atoms with Gasteiger partial charge >= 0.3 is 0 Å². The maximum absolute atomic E-state index is 13.7. The van der Waals surface area contributed by atoms with Crippen LogP contribution in [0.1, 0.15) is 16.8 Å². The quantitative estimate of drug-likeness (QED) is 0.720. The maximum atomic E-state index is 13.7. The third-order valence-electron chi connectivity index (χ3n) is 2.67. The second kappa shape index (κ2) is 5.88. The van der Waals surface area contributed by atoms with Crippen molar-refractivity contribution in [1.29, 1.82) is 0 Å². The Balaban J connectivity index is 2.45. The molecule has 0 atom stereocenters. The molecule has 0 bridgehead atoms. The zero-order valence-corrected chi connectivity index (χ0v) is 12.8. The lowest BCUT2D eigenvalue weighted by molar-refractivity contribution is 0.422. The van der Waals surface area contributed by atoms with E-state index in [2.05, 4.69) is 20.9 Å². The molecule has 0 aliphatic carbocycles. The number of rotatable bonds is 3. The van der Waals surface area contributed by atoms with Crippen molar-refractivity contribution in [3.05, 3.63) is 51.4 Å². The van der Waals surface area contributed by atoms with Crippen LogP contribution in [0.2, 0.25) is 0 Å². The molecule has 2 nitrogen and oxygen atoms in total. The summed E-state index contributed by atoms with van der Waals surface area (Å²) in [5, 5.41) is 0. The molecule has 100 valence electrons. The van der Waals surface area contributed by atoms with Crippen molar-refractivity contribution in [1.82, 2.24) is 4.98 Å². The van der Waals surface area contributed by atoms with E-state index in [1.165, 1.54) is 6.07 Å². The molecule has 0 N–H and O–H groups in total. The van der Waals surface area contributed by atoms with E-state index in [-0.39, 0.29) is 11.6 Å². The summed E-state index contributed by atoms with van der Waals surface area (Å²) in [4.78, 5) is 4.28. The molecule has 0 amide bonds.